The second kappa shape index (κ2) is 10.0. The maximum Gasteiger partial charge on any atom is 0.323 e. The van der Waals surface area contributed by atoms with Crippen LogP contribution in [0.3, 0.4) is 0 Å². The summed E-state index contributed by atoms with van der Waals surface area (Å²) in [6.07, 6.45) is -0.334. The van der Waals surface area contributed by atoms with Crippen LogP contribution in [0, 0.1) is 19.3 Å². The second-order valence-corrected chi connectivity index (χ2v) is 9.28. The molecule has 1 aliphatic heterocycles. The summed E-state index contributed by atoms with van der Waals surface area (Å²) in [5.41, 5.74) is 7.46. The van der Waals surface area contributed by atoms with Gasteiger partial charge in [0, 0.05) is 18.5 Å². The number of aliphatic carboxylic acids is 1. The van der Waals surface area contributed by atoms with E-state index in [2.05, 4.69) is 15.6 Å². The van der Waals surface area contributed by atoms with E-state index < -0.39 is 40.6 Å². The van der Waals surface area contributed by atoms with E-state index in [1.165, 1.54) is 13.8 Å². The van der Waals surface area contributed by atoms with Gasteiger partial charge in [0.1, 0.15) is 28.6 Å². The molecule has 0 saturated carbocycles. The van der Waals surface area contributed by atoms with Crippen LogP contribution in [0.2, 0.25) is 0 Å². The Labute approximate surface area is 194 Å². The molecule has 0 bridgehead atoms. The predicted octanol–water partition coefficient (Wildman–Crippen LogP) is 0.00651. The van der Waals surface area contributed by atoms with E-state index in [0.29, 0.717) is 17.7 Å². The van der Waals surface area contributed by atoms with Gasteiger partial charge in [-0.05, 0) is 19.4 Å². The molecule has 0 radical (unpaired) electrons. The van der Waals surface area contributed by atoms with Crippen molar-refractivity contribution in [2.45, 2.75) is 43.7 Å². The van der Waals surface area contributed by atoms with Crippen LogP contribution in [0.25, 0.3) is 0 Å². The van der Waals surface area contributed by atoms with Crippen molar-refractivity contribution in [3.8, 4) is 0 Å². The number of carbonyl (C=O) groups is 2. The van der Waals surface area contributed by atoms with Gasteiger partial charge in [-0.2, -0.15) is 4.72 Å². The molecular weight excluding hydrogens is 468 g/mol. The van der Waals surface area contributed by atoms with Gasteiger partial charge in [-0.15, -0.1) is 0 Å². The molecule has 0 fully saturated rings. The first-order valence-electron chi connectivity index (χ1n) is 10.1. The highest BCUT2D eigenvalue weighted by Crippen LogP contribution is 2.20. The van der Waals surface area contributed by atoms with E-state index in [1.54, 1.807) is 24.3 Å². The van der Waals surface area contributed by atoms with Gasteiger partial charge >= 0.3 is 5.97 Å². The Morgan fingerprint density at radius 2 is 1.97 bits per heavy atom. The lowest BCUT2D eigenvalue weighted by Crippen LogP contribution is -2.48. The van der Waals surface area contributed by atoms with Gasteiger partial charge in [0.25, 0.3) is 0 Å². The molecule has 2 heterocycles. The van der Waals surface area contributed by atoms with E-state index in [4.69, 9.17) is 20.5 Å². The Balaban J connectivity index is 1.53. The van der Waals surface area contributed by atoms with Crippen molar-refractivity contribution in [1.82, 2.24) is 15.2 Å². The standard InChI is InChI=1S/C20H24N6O7S/c1-10-18(11(2)32-24-10)34(30,31)26-16(20(28)29)9-23-17(27)8-14-7-15(25-33-14)12-3-5-13(6-4-12)19(21)22/h3-6,14,16,26H,7-9H2,1-2H3,(H3,21,22)(H,23,27)(H,28,29)/t14-,16-/m0/s1. The van der Waals surface area contributed by atoms with E-state index in [9.17, 15) is 23.1 Å². The first-order chi connectivity index (χ1) is 16.0. The number of carboxylic acids is 1. The molecule has 2 atom stereocenters. The van der Waals surface area contributed by atoms with E-state index in [-0.39, 0.29) is 28.6 Å². The Bertz CT molecular complexity index is 1220. The highest BCUT2D eigenvalue weighted by Gasteiger charge is 2.31. The van der Waals surface area contributed by atoms with Crippen molar-refractivity contribution in [2.24, 2.45) is 10.9 Å². The number of oxime groups is 1. The number of aromatic nitrogens is 1. The van der Waals surface area contributed by atoms with Gasteiger partial charge in [0.05, 0.1) is 12.1 Å². The van der Waals surface area contributed by atoms with Crippen molar-refractivity contribution in [3.63, 3.8) is 0 Å². The van der Waals surface area contributed by atoms with E-state index in [0.717, 1.165) is 5.56 Å². The fraction of sp³-hybridized carbons (Fsp3) is 0.350. The maximum absolute atomic E-state index is 12.6. The zero-order valence-electron chi connectivity index (χ0n) is 18.4. The minimum atomic E-state index is -4.24. The summed E-state index contributed by atoms with van der Waals surface area (Å²) in [6, 6.07) is 5.22. The molecule has 182 valence electrons. The number of hydrogen-bond donors (Lipinski definition) is 5. The first kappa shape index (κ1) is 24.9. The average molecular weight is 493 g/mol. The maximum atomic E-state index is 12.6. The number of nitrogen functional groups attached to an aromatic ring is 1. The van der Waals surface area contributed by atoms with Crippen LogP contribution >= 0.6 is 0 Å². The van der Waals surface area contributed by atoms with Crippen molar-refractivity contribution in [1.29, 1.82) is 5.41 Å². The minimum Gasteiger partial charge on any atom is -0.480 e. The number of sulfonamides is 1. The molecule has 0 unspecified atom stereocenters. The fourth-order valence-electron chi connectivity index (χ4n) is 3.33. The normalized spacial score (nSPS) is 16.4. The zero-order chi connectivity index (χ0) is 25.0. The molecule has 6 N–H and O–H groups in total. The third-order valence-electron chi connectivity index (χ3n) is 5.01. The number of rotatable bonds is 10. The summed E-state index contributed by atoms with van der Waals surface area (Å²) >= 11 is 0. The molecule has 0 saturated heterocycles. The topological polar surface area (TPSA) is 210 Å². The number of carbonyl (C=O) groups excluding carboxylic acids is 1. The number of aryl methyl sites for hydroxylation is 2. The quantitative estimate of drug-likeness (QED) is 0.223. The lowest BCUT2D eigenvalue weighted by Gasteiger charge is -2.16. The molecule has 13 nitrogen and oxygen atoms in total. The highest BCUT2D eigenvalue weighted by molar-refractivity contribution is 7.89. The zero-order valence-corrected chi connectivity index (χ0v) is 19.2. The number of amides is 1. The summed E-state index contributed by atoms with van der Waals surface area (Å²) in [6.45, 7) is 2.32. The Hall–Kier alpha value is -3.78. The average Bonchev–Trinajstić information content (AvgIpc) is 3.37. The lowest BCUT2D eigenvalue weighted by atomic mass is 10.0. The second-order valence-electron chi connectivity index (χ2n) is 7.63. The number of nitrogens with zero attached hydrogens (tertiary/aromatic N) is 2. The molecule has 1 aliphatic rings. The minimum absolute atomic E-state index is 0.0169. The van der Waals surface area contributed by atoms with Crippen LogP contribution in [0.5, 0.6) is 0 Å². The predicted molar refractivity (Wildman–Crippen MR) is 119 cm³/mol. The third kappa shape index (κ3) is 5.77. The van der Waals surface area contributed by atoms with Gasteiger partial charge in [-0.3, -0.25) is 15.0 Å². The number of nitrogens with two attached hydrogens (primary N) is 1. The monoisotopic (exact) mass is 492 g/mol. The molecule has 0 aliphatic carbocycles. The van der Waals surface area contributed by atoms with Crippen LogP contribution in [0.15, 0.2) is 38.8 Å². The molecule has 1 amide bonds. The molecule has 1 aromatic carbocycles. The lowest BCUT2D eigenvalue weighted by molar-refractivity contribution is -0.139. The number of hydrogen-bond acceptors (Lipinski definition) is 9. The number of carboxylic acid groups (broad SMARTS) is 1. The largest absolute Gasteiger partial charge is 0.480 e. The van der Waals surface area contributed by atoms with Gasteiger partial charge in [0.2, 0.25) is 15.9 Å². The van der Waals surface area contributed by atoms with Gasteiger partial charge in [-0.1, -0.05) is 34.6 Å². The van der Waals surface area contributed by atoms with Crippen molar-refractivity contribution in [2.75, 3.05) is 6.54 Å². The summed E-state index contributed by atoms with van der Waals surface area (Å²) in [5.74, 6) is -2.04. The van der Waals surface area contributed by atoms with Crippen molar-refractivity contribution < 1.29 is 32.5 Å². The number of benzene rings is 1. The van der Waals surface area contributed by atoms with Crippen LogP contribution in [0.4, 0.5) is 0 Å². The summed E-state index contributed by atoms with van der Waals surface area (Å²) in [4.78, 5) is 28.9. The Morgan fingerprint density at radius 3 is 2.53 bits per heavy atom. The van der Waals surface area contributed by atoms with Crippen molar-refractivity contribution in [3.05, 3.63) is 46.8 Å². The van der Waals surface area contributed by atoms with Gasteiger partial charge in [-0.25, -0.2) is 8.42 Å². The Kier molecular flexibility index (Phi) is 7.32. The van der Waals surface area contributed by atoms with Crippen LogP contribution in [-0.2, 0) is 24.4 Å². The smallest absolute Gasteiger partial charge is 0.323 e. The van der Waals surface area contributed by atoms with Crippen LogP contribution < -0.4 is 15.8 Å². The summed E-state index contributed by atoms with van der Waals surface area (Å²) in [5, 5.41) is 26.8. The SMILES string of the molecule is Cc1noc(C)c1S(=O)(=O)N[C@@H](CNC(=O)C[C@@H]1CC(c2ccc(C(=N)N)cc2)=NO1)C(=O)O. The van der Waals surface area contributed by atoms with Gasteiger partial charge in [0.15, 0.2) is 5.76 Å². The Morgan fingerprint density at radius 1 is 1.29 bits per heavy atom. The summed E-state index contributed by atoms with van der Waals surface area (Å²) < 4.78 is 32.0. The molecular formula is C20H24N6O7S. The molecule has 34 heavy (non-hydrogen) atoms. The number of amidine groups is 1. The molecule has 14 heteroatoms. The van der Waals surface area contributed by atoms with Crippen LogP contribution in [-0.4, -0.2) is 60.8 Å². The van der Waals surface area contributed by atoms with E-state index in [1.807, 2.05) is 4.72 Å². The molecule has 3 rings (SSSR count). The fourth-order valence-corrected chi connectivity index (χ4v) is 4.85. The number of nitrogens with one attached hydrogen (secondary N) is 3. The molecule has 1 aromatic heterocycles. The van der Waals surface area contributed by atoms with E-state index >= 15 is 0 Å². The summed E-state index contributed by atoms with van der Waals surface area (Å²) in [7, 11) is -4.24. The third-order valence-corrected chi connectivity index (χ3v) is 6.73. The molecule has 0 spiro atoms. The first-order valence-corrected chi connectivity index (χ1v) is 11.6. The highest BCUT2D eigenvalue weighted by atomic mass is 32.2. The van der Waals surface area contributed by atoms with Gasteiger partial charge < -0.3 is 25.5 Å². The van der Waals surface area contributed by atoms with Crippen molar-refractivity contribution >= 4 is 33.4 Å². The van der Waals surface area contributed by atoms with Crippen LogP contribution in [0.1, 0.15) is 35.4 Å². The molecule has 2 aromatic rings.